The van der Waals surface area contributed by atoms with Gasteiger partial charge in [0.25, 0.3) is 0 Å². The average molecular weight is 280 g/mol. The summed E-state index contributed by atoms with van der Waals surface area (Å²) in [6, 6.07) is 0.159. The van der Waals surface area contributed by atoms with Gasteiger partial charge in [-0.25, -0.2) is 9.48 Å². The number of aromatic carboxylic acids is 1. The predicted molar refractivity (Wildman–Crippen MR) is 71.2 cm³/mol. The lowest BCUT2D eigenvalue weighted by molar-refractivity contribution is -0.123. The standard InChI is InChI=1S/C13H20N4O3/c1-13(2)6-4-3-5-10(13)14-11(18)8-17-7-9(12(19)20)15-16-17/h7,10H,3-6,8H2,1-2H3,(H,14,18)(H,19,20). The van der Waals surface area contributed by atoms with Crippen LogP contribution in [0.3, 0.4) is 0 Å². The van der Waals surface area contributed by atoms with E-state index in [9.17, 15) is 9.59 Å². The van der Waals surface area contributed by atoms with Crippen LogP contribution in [0.25, 0.3) is 0 Å². The van der Waals surface area contributed by atoms with Crippen LogP contribution in [-0.2, 0) is 11.3 Å². The van der Waals surface area contributed by atoms with Gasteiger partial charge in [0, 0.05) is 6.04 Å². The third kappa shape index (κ3) is 3.34. The lowest BCUT2D eigenvalue weighted by Gasteiger charge is -2.39. The molecular formula is C13H20N4O3. The second kappa shape index (κ2) is 5.60. The Morgan fingerprint density at radius 2 is 2.25 bits per heavy atom. The quantitative estimate of drug-likeness (QED) is 0.859. The summed E-state index contributed by atoms with van der Waals surface area (Å²) in [5, 5.41) is 18.9. The van der Waals surface area contributed by atoms with Crippen LogP contribution in [0, 0.1) is 5.41 Å². The molecule has 1 unspecified atom stereocenters. The fourth-order valence-corrected chi connectivity index (χ4v) is 2.62. The van der Waals surface area contributed by atoms with Gasteiger partial charge in [-0.05, 0) is 18.3 Å². The van der Waals surface area contributed by atoms with Crippen molar-refractivity contribution in [3.63, 3.8) is 0 Å². The van der Waals surface area contributed by atoms with Gasteiger partial charge in [0.15, 0.2) is 5.69 Å². The Bertz CT molecular complexity index is 509. The summed E-state index contributed by atoms with van der Waals surface area (Å²) in [5.74, 6) is -1.31. The van der Waals surface area contributed by atoms with Crippen LogP contribution in [0.1, 0.15) is 50.0 Å². The fourth-order valence-electron chi connectivity index (χ4n) is 2.62. The van der Waals surface area contributed by atoms with Gasteiger partial charge in [-0.15, -0.1) is 5.10 Å². The number of aromatic nitrogens is 3. The van der Waals surface area contributed by atoms with Crippen LogP contribution in [0.4, 0.5) is 0 Å². The third-order valence-corrected chi connectivity index (χ3v) is 3.91. The molecule has 0 spiro atoms. The number of nitrogens with one attached hydrogen (secondary N) is 1. The number of hydrogen-bond acceptors (Lipinski definition) is 4. The molecule has 0 saturated heterocycles. The van der Waals surface area contributed by atoms with Crippen LogP contribution >= 0.6 is 0 Å². The average Bonchev–Trinajstić information content (AvgIpc) is 2.80. The highest BCUT2D eigenvalue weighted by Crippen LogP contribution is 2.35. The maximum atomic E-state index is 12.0. The molecule has 1 aliphatic rings. The normalized spacial score (nSPS) is 21.4. The zero-order valence-electron chi connectivity index (χ0n) is 11.8. The topological polar surface area (TPSA) is 97.1 Å². The van der Waals surface area contributed by atoms with E-state index in [1.54, 1.807) is 0 Å². The van der Waals surface area contributed by atoms with E-state index < -0.39 is 5.97 Å². The van der Waals surface area contributed by atoms with Crippen molar-refractivity contribution in [2.24, 2.45) is 5.41 Å². The Morgan fingerprint density at radius 1 is 1.50 bits per heavy atom. The number of amides is 1. The largest absolute Gasteiger partial charge is 0.476 e. The monoisotopic (exact) mass is 280 g/mol. The minimum Gasteiger partial charge on any atom is -0.476 e. The summed E-state index contributed by atoms with van der Waals surface area (Å²) >= 11 is 0. The van der Waals surface area contributed by atoms with Crippen LogP contribution in [0.15, 0.2) is 6.20 Å². The molecule has 0 aromatic carbocycles. The van der Waals surface area contributed by atoms with Crippen molar-refractivity contribution in [2.45, 2.75) is 52.1 Å². The van der Waals surface area contributed by atoms with Gasteiger partial charge in [0.05, 0.1) is 6.20 Å². The van der Waals surface area contributed by atoms with Crippen molar-refractivity contribution in [3.8, 4) is 0 Å². The molecule has 1 atom stereocenters. The van der Waals surface area contributed by atoms with Gasteiger partial charge < -0.3 is 10.4 Å². The summed E-state index contributed by atoms with van der Waals surface area (Å²) in [4.78, 5) is 22.7. The van der Waals surface area contributed by atoms with E-state index in [4.69, 9.17) is 5.11 Å². The van der Waals surface area contributed by atoms with Gasteiger partial charge in [-0.3, -0.25) is 4.79 Å². The molecule has 20 heavy (non-hydrogen) atoms. The first kappa shape index (κ1) is 14.5. The van der Waals surface area contributed by atoms with Crippen molar-refractivity contribution >= 4 is 11.9 Å². The van der Waals surface area contributed by atoms with Crippen LogP contribution in [0.5, 0.6) is 0 Å². The van der Waals surface area contributed by atoms with Crippen molar-refractivity contribution in [2.75, 3.05) is 0 Å². The van der Waals surface area contributed by atoms with E-state index in [-0.39, 0.29) is 29.6 Å². The molecule has 2 N–H and O–H groups in total. The van der Waals surface area contributed by atoms with E-state index in [2.05, 4.69) is 29.5 Å². The summed E-state index contributed by atoms with van der Waals surface area (Å²) in [7, 11) is 0. The van der Waals surface area contributed by atoms with Crippen molar-refractivity contribution in [1.82, 2.24) is 20.3 Å². The molecule has 7 heteroatoms. The Balaban J connectivity index is 1.93. The van der Waals surface area contributed by atoms with Crippen molar-refractivity contribution in [1.29, 1.82) is 0 Å². The Morgan fingerprint density at radius 3 is 2.85 bits per heavy atom. The minimum absolute atomic E-state index is 0.00708. The molecule has 2 rings (SSSR count). The van der Waals surface area contributed by atoms with Crippen LogP contribution < -0.4 is 5.32 Å². The highest BCUT2D eigenvalue weighted by molar-refractivity contribution is 5.84. The first-order valence-electron chi connectivity index (χ1n) is 6.81. The molecule has 1 aromatic heterocycles. The predicted octanol–water partition coefficient (Wildman–Crippen LogP) is 1.06. The molecule has 0 aliphatic heterocycles. The number of hydrogen-bond donors (Lipinski definition) is 2. The highest BCUT2D eigenvalue weighted by Gasteiger charge is 2.33. The number of rotatable bonds is 4. The summed E-state index contributed by atoms with van der Waals surface area (Å²) < 4.78 is 1.24. The molecule has 0 bridgehead atoms. The molecule has 110 valence electrons. The maximum absolute atomic E-state index is 12.0. The van der Waals surface area contributed by atoms with E-state index in [1.165, 1.54) is 17.3 Å². The van der Waals surface area contributed by atoms with Crippen LogP contribution in [0.2, 0.25) is 0 Å². The zero-order valence-corrected chi connectivity index (χ0v) is 11.8. The maximum Gasteiger partial charge on any atom is 0.358 e. The summed E-state index contributed by atoms with van der Waals surface area (Å²) in [5.41, 5.74) is -0.0570. The summed E-state index contributed by atoms with van der Waals surface area (Å²) in [6.45, 7) is 4.32. The van der Waals surface area contributed by atoms with Crippen molar-refractivity contribution < 1.29 is 14.7 Å². The SMILES string of the molecule is CC1(C)CCCCC1NC(=O)Cn1cc(C(=O)O)nn1. The lowest BCUT2D eigenvalue weighted by Crippen LogP contribution is -2.47. The zero-order chi connectivity index (χ0) is 14.8. The van der Waals surface area contributed by atoms with E-state index >= 15 is 0 Å². The smallest absolute Gasteiger partial charge is 0.358 e. The highest BCUT2D eigenvalue weighted by atomic mass is 16.4. The molecule has 1 heterocycles. The first-order chi connectivity index (χ1) is 9.38. The van der Waals surface area contributed by atoms with Crippen LogP contribution in [-0.4, -0.2) is 38.0 Å². The molecule has 1 aromatic rings. The Kier molecular flexibility index (Phi) is 4.06. The molecule has 1 fully saturated rings. The molecular weight excluding hydrogens is 260 g/mol. The molecule has 1 amide bonds. The molecule has 7 nitrogen and oxygen atoms in total. The summed E-state index contributed by atoms with van der Waals surface area (Å²) in [6.07, 6.45) is 5.67. The van der Waals surface area contributed by atoms with Gasteiger partial charge in [0.1, 0.15) is 6.54 Å². The lowest BCUT2D eigenvalue weighted by atomic mass is 9.73. The first-order valence-corrected chi connectivity index (χ1v) is 6.81. The minimum atomic E-state index is -1.15. The Labute approximate surface area is 117 Å². The number of carboxylic acids is 1. The second-order valence-corrected chi connectivity index (χ2v) is 5.96. The third-order valence-electron chi connectivity index (χ3n) is 3.91. The second-order valence-electron chi connectivity index (χ2n) is 5.96. The van der Waals surface area contributed by atoms with E-state index in [0.29, 0.717) is 0 Å². The number of carboxylic acid groups (broad SMARTS) is 1. The Hall–Kier alpha value is -1.92. The number of carbonyl (C=O) groups is 2. The number of carbonyl (C=O) groups excluding carboxylic acids is 1. The van der Waals surface area contributed by atoms with Gasteiger partial charge >= 0.3 is 5.97 Å². The number of nitrogens with zero attached hydrogens (tertiary/aromatic N) is 3. The fraction of sp³-hybridized carbons (Fsp3) is 0.692. The molecule has 1 saturated carbocycles. The van der Waals surface area contributed by atoms with Crippen molar-refractivity contribution in [3.05, 3.63) is 11.9 Å². The molecule has 1 aliphatic carbocycles. The van der Waals surface area contributed by atoms with Gasteiger partial charge in [-0.1, -0.05) is 31.9 Å². The van der Waals surface area contributed by atoms with Gasteiger partial charge in [-0.2, -0.15) is 0 Å². The molecule has 0 radical (unpaired) electrons. The van der Waals surface area contributed by atoms with Gasteiger partial charge in [0.2, 0.25) is 5.91 Å². The van der Waals surface area contributed by atoms with E-state index in [0.717, 1.165) is 19.3 Å². The van der Waals surface area contributed by atoms with E-state index in [1.807, 2.05) is 0 Å².